The van der Waals surface area contributed by atoms with Gasteiger partial charge in [0.15, 0.2) is 0 Å². The number of anilines is 1. The van der Waals surface area contributed by atoms with Crippen LogP contribution in [0.3, 0.4) is 0 Å². The van der Waals surface area contributed by atoms with Crippen molar-refractivity contribution in [1.29, 1.82) is 0 Å². The molecule has 0 aliphatic carbocycles. The Morgan fingerprint density at radius 1 is 1.13 bits per heavy atom. The number of aromatic nitrogens is 2. The van der Waals surface area contributed by atoms with E-state index in [1.807, 2.05) is 40.7 Å². The Balaban J connectivity index is 2.31. The van der Waals surface area contributed by atoms with Crippen LogP contribution in [0.5, 0.6) is 0 Å². The van der Waals surface area contributed by atoms with E-state index in [-0.39, 0.29) is 23.9 Å². The van der Waals surface area contributed by atoms with Crippen LogP contribution in [0, 0.1) is 0 Å². The Bertz CT molecular complexity index is 921. The number of carbonyl (C=O) groups excluding carboxylic acids is 2. The fourth-order valence-electron chi connectivity index (χ4n) is 2.87. The molecule has 1 aromatic carbocycles. The lowest BCUT2D eigenvalue weighted by atomic mass is 9.92. The molecule has 0 unspecified atom stereocenters. The lowest BCUT2D eigenvalue weighted by molar-refractivity contribution is -0.116. The third-order valence-electron chi connectivity index (χ3n) is 4.62. The van der Waals surface area contributed by atoms with Gasteiger partial charge in [-0.15, -0.1) is 0 Å². The molecular weight excluding hydrogens is 437 g/mol. The van der Waals surface area contributed by atoms with Crippen molar-refractivity contribution in [3.05, 3.63) is 40.0 Å². The van der Waals surface area contributed by atoms with Gasteiger partial charge in [-0.1, -0.05) is 57.3 Å². The second-order valence-corrected chi connectivity index (χ2v) is 9.15. The first-order chi connectivity index (χ1) is 14.6. The number of unbranched alkanes of at least 4 members (excludes halogenated alkanes) is 1. The lowest BCUT2D eigenvalue weighted by Crippen LogP contribution is -2.44. The standard InChI is InChI=1S/C22H31Cl2N5O2/c1-6-8-11-28(21(31)25-7-2)14-20(30)26-19-13-18(22(3,4)5)27-29(19)15-9-10-16(23)17(24)12-15/h9-10,12-13H,6-8,11,14H2,1-5H3,(H,25,31)(H,26,30). The van der Waals surface area contributed by atoms with Crippen LogP contribution in [0.4, 0.5) is 10.6 Å². The van der Waals surface area contributed by atoms with E-state index in [0.29, 0.717) is 34.6 Å². The van der Waals surface area contributed by atoms with Crippen molar-refractivity contribution in [3.8, 4) is 5.69 Å². The smallest absolute Gasteiger partial charge is 0.317 e. The van der Waals surface area contributed by atoms with Crippen LogP contribution in [0.2, 0.25) is 10.0 Å². The molecule has 1 aromatic heterocycles. The molecule has 0 fully saturated rings. The molecule has 1 heterocycles. The first-order valence-electron chi connectivity index (χ1n) is 10.4. The number of hydrogen-bond acceptors (Lipinski definition) is 3. The second-order valence-electron chi connectivity index (χ2n) is 8.33. The number of rotatable bonds is 8. The number of carbonyl (C=O) groups is 2. The van der Waals surface area contributed by atoms with Crippen molar-refractivity contribution in [3.63, 3.8) is 0 Å². The zero-order valence-electron chi connectivity index (χ0n) is 18.8. The molecule has 0 radical (unpaired) electrons. The Morgan fingerprint density at radius 2 is 1.84 bits per heavy atom. The summed E-state index contributed by atoms with van der Waals surface area (Å²) in [6.45, 7) is 11.0. The molecule has 0 saturated heterocycles. The zero-order valence-corrected chi connectivity index (χ0v) is 20.3. The largest absolute Gasteiger partial charge is 0.338 e. The Morgan fingerprint density at radius 3 is 2.42 bits per heavy atom. The number of amides is 3. The van der Waals surface area contributed by atoms with Gasteiger partial charge in [0.2, 0.25) is 5.91 Å². The summed E-state index contributed by atoms with van der Waals surface area (Å²) >= 11 is 12.2. The molecule has 0 bridgehead atoms. The molecule has 2 rings (SSSR count). The predicted molar refractivity (Wildman–Crippen MR) is 126 cm³/mol. The van der Waals surface area contributed by atoms with Gasteiger partial charge in [0, 0.05) is 24.6 Å². The maximum atomic E-state index is 12.8. The number of hydrogen-bond donors (Lipinski definition) is 2. The van der Waals surface area contributed by atoms with Gasteiger partial charge in [-0.3, -0.25) is 4.79 Å². The van der Waals surface area contributed by atoms with Crippen molar-refractivity contribution in [2.75, 3.05) is 25.0 Å². The van der Waals surface area contributed by atoms with Gasteiger partial charge in [-0.05, 0) is 31.5 Å². The van der Waals surface area contributed by atoms with E-state index in [0.717, 1.165) is 18.5 Å². The normalized spacial score (nSPS) is 11.3. The summed E-state index contributed by atoms with van der Waals surface area (Å²) in [4.78, 5) is 26.7. The van der Waals surface area contributed by atoms with E-state index >= 15 is 0 Å². The first-order valence-corrected chi connectivity index (χ1v) is 11.2. The van der Waals surface area contributed by atoms with Gasteiger partial charge >= 0.3 is 6.03 Å². The molecule has 7 nitrogen and oxygen atoms in total. The monoisotopic (exact) mass is 467 g/mol. The molecule has 31 heavy (non-hydrogen) atoms. The van der Waals surface area contributed by atoms with Crippen molar-refractivity contribution < 1.29 is 9.59 Å². The minimum Gasteiger partial charge on any atom is -0.338 e. The first kappa shape index (κ1) is 25.0. The van der Waals surface area contributed by atoms with E-state index in [1.165, 1.54) is 4.90 Å². The average molecular weight is 468 g/mol. The van der Waals surface area contributed by atoms with Gasteiger partial charge in [0.25, 0.3) is 0 Å². The van der Waals surface area contributed by atoms with Crippen molar-refractivity contribution in [1.82, 2.24) is 20.0 Å². The molecule has 0 spiro atoms. The molecule has 9 heteroatoms. The van der Waals surface area contributed by atoms with E-state index in [1.54, 1.807) is 22.9 Å². The number of nitrogens with zero attached hydrogens (tertiary/aromatic N) is 3. The number of nitrogens with one attached hydrogen (secondary N) is 2. The Kier molecular flexibility index (Phi) is 8.77. The average Bonchev–Trinajstić information content (AvgIpc) is 3.11. The summed E-state index contributed by atoms with van der Waals surface area (Å²) in [5.41, 5.74) is 1.25. The summed E-state index contributed by atoms with van der Waals surface area (Å²) in [6, 6.07) is 6.75. The van der Waals surface area contributed by atoms with Gasteiger partial charge < -0.3 is 15.5 Å². The van der Waals surface area contributed by atoms with Gasteiger partial charge in [-0.25, -0.2) is 9.48 Å². The maximum absolute atomic E-state index is 12.8. The molecular formula is C22H31Cl2N5O2. The van der Waals surface area contributed by atoms with Gasteiger partial charge in [0.1, 0.15) is 12.4 Å². The third kappa shape index (κ3) is 6.87. The van der Waals surface area contributed by atoms with Crippen LogP contribution in [0.25, 0.3) is 5.69 Å². The highest BCUT2D eigenvalue weighted by atomic mass is 35.5. The minimum absolute atomic E-state index is 0.0523. The van der Waals surface area contributed by atoms with Crippen LogP contribution in [0.15, 0.2) is 24.3 Å². The maximum Gasteiger partial charge on any atom is 0.317 e. The molecule has 0 saturated carbocycles. The highest BCUT2D eigenvalue weighted by molar-refractivity contribution is 6.42. The summed E-state index contributed by atoms with van der Waals surface area (Å²) < 4.78 is 1.63. The quantitative estimate of drug-likeness (QED) is 0.556. The summed E-state index contributed by atoms with van der Waals surface area (Å²) in [6.07, 6.45) is 1.75. The van der Waals surface area contributed by atoms with E-state index in [2.05, 4.69) is 15.7 Å². The van der Waals surface area contributed by atoms with Crippen LogP contribution in [0.1, 0.15) is 53.2 Å². The van der Waals surface area contributed by atoms with E-state index < -0.39 is 0 Å². The van der Waals surface area contributed by atoms with Crippen molar-refractivity contribution in [2.24, 2.45) is 0 Å². The number of benzene rings is 1. The number of halogens is 2. The van der Waals surface area contributed by atoms with Gasteiger partial charge in [0.05, 0.1) is 21.4 Å². The summed E-state index contributed by atoms with van der Waals surface area (Å²) in [5.74, 6) is 0.198. The number of urea groups is 1. The third-order valence-corrected chi connectivity index (χ3v) is 5.36. The Labute approximate surface area is 194 Å². The highest BCUT2D eigenvalue weighted by Crippen LogP contribution is 2.29. The fourth-order valence-corrected chi connectivity index (χ4v) is 3.16. The summed E-state index contributed by atoms with van der Waals surface area (Å²) in [7, 11) is 0. The molecule has 170 valence electrons. The molecule has 0 aliphatic heterocycles. The SMILES string of the molecule is CCCCN(CC(=O)Nc1cc(C(C)(C)C)nn1-c1ccc(Cl)c(Cl)c1)C(=O)NCC. The molecule has 2 aromatic rings. The van der Waals surface area contributed by atoms with Crippen LogP contribution in [-0.2, 0) is 10.2 Å². The predicted octanol–water partition coefficient (Wildman–Crippen LogP) is 5.25. The van der Waals surface area contributed by atoms with E-state index in [4.69, 9.17) is 23.2 Å². The van der Waals surface area contributed by atoms with Crippen LogP contribution in [-0.4, -0.2) is 46.3 Å². The fraction of sp³-hybridized carbons (Fsp3) is 0.500. The molecule has 0 aliphatic rings. The topological polar surface area (TPSA) is 79.3 Å². The van der Waals surface area contributed by atoms with Crippen molar-refractivity contribution >= 4 is 41.0 Å². The van der Waals surface area contributed by atoms with E-state index in [9.17, 15) is 9.59 Å². The highest BCUT2D eigenvalue weighted by Gasteiger charge is 2.23. The van der Waals surface area contributed by atoms with Gasteiger partial charge in [-0.2, -0.15) is 5.10 Å². The lowest BCUT2D eigenvalue weighted by Gasteiger charge is -2.22. The zero-order chi connectivity index (χ0) is 23.2. The Hall–Kier alpha value is -2.25. The molecule has 2 N–H and O–H groups in total. The second kappa shape index (κ2) is 10.9. The molecule has 3 amide bonds. The summed E-state index contributed by atoms with van der Waals surface area (Å²) in [5, 5.41) is 11.2. The minimum atomic E-state index is -0.302. The molecule has 0 atom stereocenters. The van der Waals surface area contributed by atoms with Crippen LogP contribution < -0.4 is 10.6 Å². The van der Waals surface area contributed by atoms with Crippen molar-refractivity contribution in [2.45, 2.75) is 52.9 Å². The van der Waals surface area contributed by atoms with Crippen LogP contribution >= 0.6 is 23.2 Å².